The number of aliphatic hydroxyl groups is 1. The Balaban J connectivity index is 1.90. The summed E-state index contributed by atoms with van der Waals surface area (Å²) in [5, 5.41) is 11.5. The smallest absolute Gasteiger partial charge is 0.295 e. The van der Waals surface area contributed by atoms with Crippen LogP contribution in [0, 0.1) is 0 Å². The molecule has 0 radical (unpaired) electrons. The Kier molecular flexibility index (Phi) is 7.49. The van der Waals surface area contributed by atoms with E-state index >= 15 is 0 Å². The summed E-state index contributed by atoms with van der Waals surface area (Å²) in [5.74, 6) is -0.308. The maximum atomic E-state index is 13.5. The monoisotopic (exact) mass is 515 g/mol. The number of amides is 1. The second kappa shape index (κ2) is 10.6. The number of hydrogen-bond donors (Lipinski definition) is 1. The first-order valence-corrected chi connectivity index (χ1v) is 12.3. The molecule has 0 aliphatic carbocycles. The largest absolute Gasteiger partial charge is 0.507 e. The maximum absolute atomic E-state index is 13.5. The van der Waals surface area contributed by atoms with Crippen LogP contribution in [0.3, 0.4) is 0 Å². The van der Waals surface area contributed by atoms with Gasteiger partial charge in [-0.1, -0.05) is 57.2 Å². The first-order chi connectivity index (χ1) is 18.1. The number of carbonyl (C=O) groups excluding carboxylic acids is 2. The zero-order valence-corrected chi connectivity index (χ0v) is 22.6. The van der Waals surface area contributed by atoms with Crippen LogP contribution in [0.15, 0.2) is 72.3 Å². The molecule has 198 valence electrons. The first kappa shape index (κ1) is 26.8. The molecule has 38 heavy (non-hydrogen) atoms. The Labute approximate surface area is 223 Å². The summed E-state index contributed by atoms with van der Waals surface area (Å²) < 4.78 is 16.1. The van der Waals surface area contributed by atoms with Gasteiger partial charge in [-0.15, -0.1) is 0 Å². The topological polar surface area (TPSA) is 85.3 Å². The number of likely N-dealkylation sites (tertiary alicyclic amines) is 1. The standard InChI is InChI=1S/C31H33NO6/c1-31(2,3)21-12-10-20(11-13-21)27-26(28(33)24-17-23(37-5)14-15-25(24)38-6)29(34)30(35)32(27)18-19-8-7-9-22(16-19)36-4/h7-17,27,33H,18H2,1-6H3/b28-26+. The molecule has 3 aromatic rings. The van der Waals surface area contributed by atoms with Gasteiger partial charge in [-0.25, -0.2) is 0 Å². The minimum atomic E-state index is -0.814. The predicted octanol–water partition coefficient (Wildman–Crippen LogP) is 5.63. The van der Waals surface area contributed by atoms with Gasteiger partial charge < -0.3 is 24.2 Å². The van der Waals surface area contributed by atoms with E-state index in [0.29, 0.717) is 22.8 Å². The van der Waals surface area contributed by atoms with E-state index in [1.165, 1.54) is 19.1 Å². The highest BCUT2D eigenvalue weighted by atomic mass is 16.5. The second-order valence-electron chi connectivity index (χ2n) is 10.2. The van der Waals surface area contributed by atoms with Crippen LogP contribution in [-0.4, -0.2) is 43.0 Å². The summed E-state index contributed by atoms with van der Waals surface area (Å²) in [6, 6.07) is 19.3. The second-order valence-corrected chi connectivity index (χ2v) is 10.2. The molecule has 0 saturated carbocycles. The number of nitrogens with zero attached hydrogens (tertiary/aromatic N) is 1. The van der Waals surface area contributed by atoms with Crippen molar-refractivity contribution in [3.63, 3.8) is 0 Å². The molecule has 1 unspecified atom stereocenters. The summed E-state index contributed by atoms with van der Waals surface area (Å²) >= 11 is 0. The third kappa shape index (κ3) is 5.09. The maximum Gasteiger partial charge on any atom is 0.295 e. The Morgan fingerprint density at radius 2 is 1.53 bits per heavy atom. The Bertz CT molecular complexity index is 1380. The highest BCUT2D eigenvalue weighted by Gasteiger charge is 2.46. The van der Waals surface area contributed by atoms with Gasteiger partial charge in [0.05, 0.1) is 38.5 Å². The zero-order valence-electron chi connectivity index (χ0n) is 22.6. The lowest BCUT2D eigenvalue weighted by Gasteiger charge is -2.27. The van der Waals surface area contributed by atoms with Crippen LogP contribution in [0.5, 0.6) is 17.2 Å². The molecule has 1 aliphatic heterocycles. The summed E-state index contributed by atoms with van der Waals surface area (Å²) in [6.07, 6.45) is 0. The third-order valence-electron chi connectivity index (χ3n) is 6.78. The number of benzene rings is 3. The van der Waals surface area contributed by atoms with Gasteiger partial charge >= 0.3 is 0 Å². The van der Waals surface area contributed by atoms with E-state index in [4.69, 9.17) is 14.2 Å². The molecule has 7 nitrogen and oxygen atoms in total. The molecular formula is C31H33NO6. The molecule has 1 amide bonds. The SMILES string of the molecule is COc1cccc(CN2C(=O)C(=O)/C(=C(/O)c3cc(OC)ccc3OC)C2c2ccc(C(C)(C)C)cc2)c1. The van der Waals surface area contributed by atoms with Crippen LogP contribution in [0.2, 0.25) is 0 Å². The lowest BCUT2D eigenvalue weighted by atomic mass is 9.85. The number of rotatable bonds is 7. The summed E-state index contributed by atoms with van der Waals surface area (Å²) in [5.41, 5.74) is 2.80. The van der Waals surface area contributed by atoms with E-state index in [0.717, 1.165) is 11.1 Å². The molecule has 1 heterocycles. The van der Waals surface area contributed by atoms with Crippen LogP contribution >= 0.6 is 0 Å². The van der Waals surface area contributed by atoms with Crippen molar-refractivity contribution in [3.8, 4) is 17.2 Å². The lowest BCUT2D eigenvalue weighted by Crippen LogP contribution is -2.29. The average Bonchev–Trinajstić information content (AvgIpc) is 3.16. The van der Waals surface area contributed by atoms with Gasteiger partial charge in [0.1, 0.15) is 23.0 Å². The molecule has 0 aromatic heterocycles. The summed E-state index contributed by atoms with van der Waals surface area (Å²) in [6.45, 7) is 6.50. The fourth-order valence-corrected chi connectivity index (χ4v) is 4.67. The fourth-order valence-electron chi connectivity index (χ4n) is 4.67. The molecule has 1 fully saturated rings. The molecule has 4 rings (SSSR count). The van der Waals surface area contributed by atoms with Crippen molar-refractivity contribution < 1.29 is 28.9 Å². The molecular weight excluding hydrogens is 482 g/mol. The number of methoxy groups -OCH3 is 3. The van der Waals surface area contributed by atoms with E-state index in [1.54, 1.807) is 25.3 Å². The predicted molar refractivity (Wildman–Crippen MR) is 146 cm³/mol. The number of ketones is 1. The van der Waals surface area contributed by atoms with Crippen molar-refractivity contribution in [2.45, 2.75) is 38.8 Å². The normalized spacial score (nSPS) is 17.0. The van der Waals surface area contributed by atoms with Gasteiger partial charge in [0.2, 0.25) is 0 Å². The Hall–Kier alpha value is -4.26. The molecule has 1 aliphatic rings. The number of Topliss-reactive ketones (excluding diaryl/α,β-unsaturated/α-hetero) is 1. The summed E-state index contributed by atoms with van der Waals surface area (Å²) in [7, 11) is 4.56. The zero-order chi connectivity index (χ0) is 27.6. The quantitative estimate of drug-likeness (QED) is 0.249. The Morgan fingerprint density at radius 1 is 0.868 bits per heavy atom. The highest BCUT2D eigenvalue weighted by molar-refractivity contribution is 6.46. The highest BCUT2D eigenvalue weighted by Crippen LogP contribution is 2.43. The fraction of sp³-hybridized carbons (Fsp3) is 0.290. The number of carbonyl (C=O) groups is 2. The van der Waals surface area contributed by atoms with Gasteiger partial charge in [-0.05, 0) is 52.4 Å². The minimum absolute atomic E-state index is 0.00652. The van der Waals surface area contributed by atoms with Crippen LogP contribution in [0.1, 0.15) is 49.1 Å². The molecule has 7 heteroatoms. The van der Waals surface area contributed by atoms with Crippen LogP contribution < -0.4 is 14.2 Å². The molecule has 0 spiro atoms. The van der Waals surface area contributed by atoms with E-state index in [9.17, 15) is 14.7 Å². The van der Waals surface area contributed by atoms with Gasteiger partial charge in [-0.3, -0.25) is 9.59 Å². The lowest BCUT2D eigenvalue weighted by molar-refractivity contribution is -0.140. The third-order valence-corrected chi connectivity index (χ3v) is 6.78. The van der Waals surface area contributed by atoms with E-state index < -0.39 is 17.7 Å². The van der Waals surface area contributed by atoms with Gasteiger partial charge in [0.15, 0.2) is 0 Å². The van der Waals surface area contributed by atoms with E-state index in [1.807, 2.05) is 48.5 Å². The van der Waals surface area contributed by atoms with Crippen molar-refractivity contribution in [2.75, 3.05) is 21.3 Å². The minimum Gasteiger partial charge on any atom is -0.507 e. The molecule has 3 aromatic carbocycles. The summed E-state index contributed by atoms with van der Waals surface area (Å²) in [4.78, 5) is 28.4. The number of hydrogen-bond acceptors (Lipinski definition) is 6. The van der Waals surface area contributed by atoms with Crippen molar-refractivity contribution in [2.24, 2.45) is 0 Å². The number of aliphatic hydroxyl groups excluding tert-OH is 1. The van der Waals surface area contributed by atoms with Crippen molar-refractivity contribution >= 4 is 17.4 Å². The van der Waals surface area contributed by atoms with Crippen molar-refractivity contribution in [3.05, 3.63) is 94.6 Å². The Morgan fingerprint density at radius 3 is 2.13 bits per heavy atom. The first-order valence-electron chi connectivity index (χ1n) is 12.3. The van der Waals surface area contributed by atoms with Gasteiger partial charge in [-0.2, -0.15) is 0 Å². The molecule has 0 bridgehead atoms. The van der Waals surface area contributed by atoms with Gasteiger partial charge in [0.25, 0.3) is 11.7 Å². The van der Waals surface area contributed by atoms with E-state index in [-0.39, 0.29) is 28.9 Å². The number of ether oxygens (including phenoxy) is 3. The average molecular weight is 516 g/mol. The van der Waals surface area contributed by atoms with Crippen LogP contribution in [-0.2, 0) is 21.5 Å². The van der Waals surface area contributed by atoms with E-state index in [2.05, 4.69) is 20.8 Å². The molecule has 1 saturated heterocycles. The molecule has 1 atom stereocenters. The van der Waals surface area contributed by atoms with Crippen LogP contribution in [0.25, 0.3) is 5.76 Å². The van der Waals surface area contributed by atoms with Crippen molar-refractivity contribution in [1.82, 2.24) is 4.90 Å². The van der Waals surface area contributed by atoms with Crippen LogP contribution in [0.4, 0.5) is 0 Å². The van der Waals surface area contributed by atoms with Crippen molar-refractivity contribution in [1.29, 1.82) is 0 Å². The van der Waals surface area contributed by atoms with Gasteiger partial charge in [0, 0.05) is 6.54 Å². The molecule has 1 N–H and O–H groups in total.